The zero-order valence-corrected chi connectivity index (χ0v) is 14.0. The third-order valence-electron chi connectivity index (χ3n) is 4.62. The molecule has 1 amide bonds. The summed E-state index contributed by atoms with van der Waals surface area (Å²) in [5, 5.41) is 0. The number of allylic oxidation sites excluding steroid dienone is 2. The Kier molecular flexibility index (Phi) is 5.34. The van der Waals surface area contributed by atoms with Gasteiger partial charge in [-0.1, -0.05) is 24.3 Å². The second-order valence-electron chi connectivity index (χ2n) is 6.25. The highest BCUT2D eigenvalue weighted by Crippen LogP contribution is 2.24. The van der Waals surface area contributed by atoms with Crippen LogP contribution in [0.4, 0.5) is 0 Å². The van der Waals surface area contributed by atoms with Gasteiger partial charge in [-0.15, -0.1) is 0 Å². The molecule has 1 aromatic rings. The van der Waals surface area contributed by atoms with Crippen molar-refractivity contribution >= 4 is 5.91 Å². The molecule has 1 aliphatic carbocycles. The molecule has 0 unspecified atom stereocenters. The zero-order chi connectivity index (χ0) is 16.1. The average Bonchev–Trinajstić information content (AvgIpc) is 2.78. The molecule has 0 fully saturated rings. The van der Waals surface area contributed by atoms with Crippen molar-refractivity contribution in [3.63, 3.8) is 0 Å². The fourth-order valence-electron chi connectivity index (χ4n) is 3.40. The van der Waals surface area contributed by atoms with E-state index in [0.29, 0.717) is 13.2 Å². The monoisotopic (exact) mass is 314 g/mol. The van der Waals surface area contributed by atoms with Crippen LogP contribution in [0.1, 0.15) is 38.2 Å². The van der Waals surface area contributed by atoms with E-state index in [9.17, 15) is 4.79 Å². The Balaban J connectivity index is 1.66. The fourth-order valence-corrected chi connectivity index (χ4v) is 3.40. The summed E-state index contributed by atoms with van der Waals surface area (Å²) in [5.41, 5.74) is 2.38. The lowest BCUT2D eigenvalue weighted by atomic mass is 10.0. The number of para-hydroxylation sites is 1. The van der Waals surface area contributed by atoms with Gasteiger partial charge in [0.05, 0.1) is 6.54 Å². The zero-order valence-electron chi connectivity index (χ0n) is 14.0. The van der Waals surface area contributed by atoms with E-state index < -0.39 is 0 Å². The topological polar surface area (TPSA) is 32.8 Å². The molecule has 4 heteroatoms. The van der Waals surface area contributed by atoms with Crippen LogP contribution in [-0.2, 0) is 11.3 Å². The van der Waals surface area contributed by atoms with Crippen molar-refractivity contribution in [1.82, 2.24) is 9.80 Å². The molecule has 0 atom stereocenters. The van der Waals surface area contributed by atoms with Crippen molar-refractivity contribution in [2.75, 3.05) is 26.2 Å². The first-order valence-corrected chi connectivity index (χ1v) is 8.70. The summed E-state index contributed by atoms with van der Waals surface area (Å²) in [5.74, 6) is 1.16. The van der Waals surface area contributed by atoms with Crippen LogP contribution in [0, 0.1) is 0 Å². The molecule has 1 aliphatic heterocycles. The minimum atomic E-state index is 0.208. The molecular formula is C19H26N2O2. The number of fused-ring (bicyclic) bond motifs is 1. The minimum Gasteiger partial charge on any atom is -0.492 e. The molecule has 3 rings (SSSR count). The van der Waals surface area contributed by atoms with Crippen LogP contribution in [-0.4, -0.2) is 41.9 Å². The van der Waals surface area contributed by atoms with Crippen molar-refractivity contribution in [3.8, 4) is 5.75 Å². The average molecular weight is 314 g/mol. The number of carbonyl (C=O) groups is 1. The molecule has 0 radical (unpaired) electrons. The highest BCUT2D eigenvalue weighted by molar-refractivity contribution is 5.80. The van der Waals surface area contributed by atoms with Crippen molar-refractivity contribution in [2.24, 2.45) is 0 Å². The third kappa shape index (κ3) is 3.94. The van der Waals surface area contributed by atoms with E-state index in [0.717, 1.165) is 43.8 Å². The van der Waals surface area contributed by atoms with Crippen molar-refractivity contribution < 1.29 is 9.53 Å². The summed E-state index contributed by atoms with van der Waals surface area (Å²) in [6.07, 6.45) is 6.82. The van der Waals surface area contributed by atoms with Crippen LogP contribution in [0.25, 0.3) is 0 Å². The predicted octanol–water partition coefficient (Wildman–Crippen LogP) is 3.19. The lowest BCUT2D eigenvalue weighted by molar-refractivity contribution is -0.130. The van der Waals surface area contributed by atoms with Gasteiger partial charge in [0.2, 0.25) is 5.91 Å². The van der Waals surface area contributed by atoms with E-state index in [4.69, 9.17) is 4.74 Å². The lowest BCUT2D eigenvalue weighted by Gasteiger charge is -2.29. The summed E-state index contributed by atoms with van der Waals surface area (Å²) < 4.78 is 5.79. The SMILES string of the molecule is CCN(C(=O)CN1CCOc2ccccc2C1)C1=CCCCC1. The summed E-state index contributed by atoms with van der Waals surface area (Å²) in [4.78, 5) is 16.9. The van der Waals surface area contributed by atoms with E-state index >= 15 is 0 Å². The van der Waals surface area contributed by atoms with Crippen molar-refractivity contribution in [1.29, 1.82) is 0 Å². The molecule has 1 aromatic carbocycles. The number of rotatable bonds is 4. The van der Waals surface area contributed by atoms with Gasteiger partial charge in [-0.25, -0.2) is 0 Å². The lowest BCUT2D eigenvalue weighted by Crippen LogP contribution is -2.40. The van der Waals surface area contributed by atoms with E-state index in [1.165, 1.54) is 18.5 Å². The normalized spacial score (nSPS) is 18.4. The molecule has 23 heavy (non-hydrogen) atoms. The van der Waals surface area contributed by atoms with E-state index in [2.05, 4.69) is 24.0 Å². The first-order chi connectivity index (χ1) is 11.3. The fraction of sp³-hybridized carbons (Fsp3) is 0.526. The molecule has 2 aliphatic rings. The maximum absolute atomic E-state index is 12.8. The number of hydrogen-bond donors (Lipinski definition) is 0. The Morgan fingerprint density at radius 2 is 2.17 bits per heavy atom. The van der Waals surface area contributed by atoms with Gasteiger partial charge < -0.3 is 9.64 Å². The number of carbonyl (C=O) groups excluding carboxylic acids is 1. The largest absolute Gasteiger partial charge is 0.492 e. The summed E-state index contributed by atoms with van der Waals surface area (Å²) in [6, 6.07) is 8.11. The van der Waals surface area contributed by atoms with Gasteiger partial charge in [-0.2, -0.15) is 0 Å². The number of hydrogen-bond acceptors (Lipinski definition) is 3. The van der Waals surface area contributed by atoms with Crippen LogP contribution in [0.5, 0.6) is 5.75 Å². The predicted molar refractivity (Wildman–Crippen MR) is 91.2 cm³/mol. The first-order valence-electron chi connectivity index (χ1n) is 8.70. The van der Waals surface area contributed by atoms with Crippen LogP contribution in [0.3, 0.4) is 0 Å². The van der Waals surface area contributed by atoms with Gasteiger partial charge >= 0.3 is 0 Å². The maximum Gasteiger partial charge on any atom is 0.240 e. The van der Waals surface area contributed by atoms with Crippen LogP contribution in [0.15, 0.2) is 36.0 Å². The van der Waals surface area contributed by atoms with Crippen LogP contribution in [0.2, 0.25) is 0 Å². The summed E-state index contributed by atoms with van der Waals surface area (Å²) in [7, 11) is 0. The second kappa shape index (κ2) is 7.64. The third-order valence-corrected chi connectivity index (χ3v) is 4.62. The highest BCUT2D eigenvalue weighted by Gasteiger charge is 2.22. The molecule has 0 aromatic heterocycles. The van der Waals surface area contributed by atoms with Gasteiger partial charge in [-0.3, -0.25) is 9.69 Å². The molecular weight excluding hydrogens is 288 g/mol. The van der Waals surface area contributed by atoms with Gasteiger partial charge in [0.1, 0.15) is 12.4 Å². The molecule has 1 heterocycles. The Hall–Kier alpha value is -1.81. The Bertz CT molecular complexity index is 582. The minimum absolute atomic E-state index is 0.208. The molecule has 0 bridgehead atoms. The van der Waals surface area contributed by atoms with Gasteiger partial charge in [0, 0.05) is 30.9 Å². The summed E-state index contributed by atoms with van der Waals surface area (Å²) in [6.45, 7) is 5.48. The molecule has 0 saturated carbocycles. The standard InChI is InChI=1S/C19H26N2O2/c1-2-21(17-9-4-3-5-10-17)19(22)15-20-12-13-23-18-11-7-6-8-16(18)14-20/h6-9,11H,2-5,10,12-15H2,1H3. The molecule has 0 spiro atoms. The van der Waals surface area contributed by atoms with E-state index in [1.807, 2.05) is 23.1 Å². The van der Waals surface area contributed by atoms with Crippen molar-refractivity contribution in [2.45, 2.75) is 39.2 Å². The first kappa shape index (κ1) is 16.1. The quantitative estimate of drug-likeness (QED) is 0.855. The maximum atomic E-state index is 12.8. The van der Waals surface area contributed by atoms with Crippen molar-refractivity contribution in [3.05, 3.63) is 41.6 Å². The second-order valence-corrected chi connectivity index (χ2v) is 6.25. The number of nitrogens with zero attached hydrogens (tertiary/aromatic N) is 2. The van der Waals surface area contributed by atoms with Crippen LogP contribution >= 0.6 is 0 Å². The molecule has 4 nitrogen and oxygen atoms in total. The molecule has 0 saturated heterocycles. The van der Waals surface area contributed by atoms with Gasteiger partial charge in [0.15, 0.2) is 0 Å². The van der Waals surface area contributed by atoms with E-state index in [1.54, 1.807) is 0 Å². The Morgan fingerprint density at radius 1 is 1.30 bits per heavy atom. The number of benzene rings is 1. The summed E-state index contributed by atoms with van der Waals surface area (Å²) >= 11 is 0. The molecule has 124 valence electrons. The Morgan fingerprint density at radius 3 is 2.96 bits per heavy atom. The number of amides is 1. The molecule has 0 N–H and O–H groups in total. The van der Waals surface area contributed by atoms with Gasteiger partial charge in [0.25, 0.3) is 0 Å². The number of ether oxygens (including phenoxy) is 1. The highest BCUT2D eigenvalue weighted by atomic mass is 16.5. The van der Waals surface area contributed by atoms with E-state index in [-0.39, 0.29) is 5.91 Å². The van der Waals surface area contributed by atoms with Gasteiger partial charge in [-0.05, 0) is 38.7 Å². The smallest absolute Gasteiger partial charge is 0.240 e. The Labute approximate surface area is 138 Å². The number of likely N-dealkylation sites (N-methyl/N-ethyl adjacent to an activating group) is 1. The van der Waals surface area contributed by atoms with Crippen LogP contribution < -0.4 is 4.74 Å².